The number of rotatable bonds is 8. The number of carbonyl (C=O) groups is 2. The first-order valence-electron chi connectivity index (χ1n) is 6.91. The van der Waals surface area contributed by atoms with E-state index in [9.17, 15) is 9.59 Å². The molecule has 21 heavy (non-hydrogen) atoms. The van der Waals surface area contributed by atoms with Crippen LogP contribution in [-0.2, 0) is 16.1 Å². The zero-order valence-electron chi connectivity index (χ0n) is 12.7. The Bertz CT molecular complexity index is 507. The first kappa shape index (κ1) is 17.4. The van der Waals surface area contributed by atoms with Crippen molar-refractivity contribution < 1.29 is 14.7 Å². The van der Waals surface area contributed by atoms with Gasteiger partial charge >= 0.3 is 5.97 Å². The highest BCUT2D eigenvalue weighted by Gasteiger charge is 2.13. The predicted molar refractivity (Wildman–Crippen MR) is 85.3 cm³/mol. The van der Waals surface area contributed by atoms with E-state index in [2.05, 4.69) is 0 Å². The standard InChI is InChI=1S/C15H22N2O3S/c1-4-17(5-2)14(18)10-16(3)9-13-8-12(11-21-13)6-7-15(19)20/h6-8,11H,4-5,9-10H2,1-3H3,(H,19,20). The number of amides is 1. The van der Waals surface area contributed by atoms with Gasteiger partial charge in [0.15, 0.2) is 0 Å². The van der Waals surface area contributed by atoms with Crippen LogP contribution in [0.1, 0.15) is 24.3 Å². The molecule has 0 radical (unpaired) electrons. The topological polar surface area (TPSA) is 60.9 Å². The van der Waals surface area contributed by atoms with E-state index in [-0.39, 0.29) is 5.91 Å². The van der Waals surface area contributed by atoms with Crippen molar-refractivity contribution in [3.05, 3.63) is 28.0 Å². The minimum atomic E-state index is -0.954. The molecule has 0 aliphatic rings. The van der Waals surface area contributed by atoms with Crippen LogP contribution in [0.4, 0.5) is 0 Å². The number of hydrogen-bond acceptors (Lipinski definition) is 4. The number of carboxylic acids is 1. The van der Waals surface area contributed by atoms with Gasteiger partial charge in [0.1, 0.15) is 0 Å². The molecule has 1 aromatic heterocycles. The molecule has 0 fully saturated rings. The summed E-state index contributed by atoms with van der Waals surface area (Å²) in [4.78, 5) is 27.4. The molecule has 1 heterocycles. The second kappa shape index (κ2) is 8.59. The van der Waals surface area contributed by atoms with E-state index in [1.54, 1.807) is 17.4 Å². The summed E-state index contributed by atoms with van der Waals surface area (Å²) < 4.78 is 0. The average molecular weight is 310 g/mol. The van der Waals surface area contributed by atoms with Crippen molar-refractivity contribution in [2.45, 2.75) is 20.4 Å². The number of carbonyl (C=O) groups excluding carboxylic acids is 1. The molecule has 0 aliphatic heterocycles. The molecule has 1 aromatic rings. The first-order chi connectivity index (χ1) is 9.96. The Labute approximate surface area is 129 Å². The van der Waals surface area contributed by atoms with Gasteiger partial charge in [-0.15, -0.1) is 11.3 Å². The molecule has 0 saturated carbocycles. The lowest BCUT2D eigenvalue weighted by Crippen LogP contribution is -2.38. The van der Waals surface area contributed by atoms with Crippen molar-refractivity contribution in [3.63, 3.8) is 0 Å². The van der Waals surface area contributed by atoms with E-state index in [4.69, 9.17) is 5.11 Å². The maximum atomic E-state index is 12.0. The van der Waals surface area contributed by atoms with Gasteiger partial charge in [0.25, 0.3) is 0 Å². The Balaban J connectivity index is 2.53. The number of carboxylic acid groups (broad SMARTS) is 1. The van der Waals surface area contributed by atoms with Crippen LogP contribution in [0.5, 0.6) is 0 Å². The van der Waals surface area contributed by atoms with Gasteiger partial charge in [0, 0.05) is 30.6 Å². The third-order valence-electron chi connectivity index (χ3n) is 3.04. The lowest BCUT2D eigenvalue weighted by atomic mass is 10.3. The van der Waals surface area contributed by atoms with Gasteiger partial charge in [0.2, 0.25) is 5.91 Å². The Morgan fingerprint density at radius 1 is 1.33 bits per heavy atom. The minimum absolute atomic E-state index is 0.130. The molecule has 0 bridgehead atoms. The summed E-state index contributed by atoms with van der Waals surface area (Å²) in [6.45, 7) is 6.47. The second-order valence-electron chi connectivity index (χ2n) is 4.76. The van der Waals surface area contributed by atoms with Gasteiger partial charge in [-0.3, -0.25) is 9.69 Å². The highest BCUT2D eigenvalue weighted by Crippen LogP contribution is 2.17. The smallest absolute Gasteiger partial charge is 0.328 e. The van der Waals surface area contributed by atoms with Crippen LogP contribution in [0.3, 0.4) is 0 Å². The molecular weight excluding hydrogens is 288 g/mol. The Kier molecular flexibility index (Phi) is 7.11. The number of nitrogens with zero attached hydrogens (tertiary/aromatic N) is 2. The van der Waals surface area contributed by atoms with Gasteiger partial charge in [-0.05, 0) is 44.0 Å². The third kappa shape index (κ3) is 6.10. The Morgan fingerprint density at radius 2 is 2.00 bits per heavy atom. The molecule has 116 valence electrons. The highest BCUT2D eigenvalue weighted by molar-refractivity contribution is 7.10. The van der Waals surface area contributed by atoms with E-state index in [0.717, 1.165) is 29.6 Å². The summed E-state index contributed by atoms with van der Waals surface area (Å²) in [5, 5.41) is 10.5. The van der Waals surface area contributed by atoms with Crippen LogP contribution in [0.2, 0.25) is 0 Å². The fourth-order valence-corrected chi connectivity index (χ4v) is 2.90. The summed E-state index contributed by atoms with van der Waals surface area (Å²) in [5.74, 6) is -0.824. The lowest BCUT2D eigenvalue weighted by molar-refractivity contribution is -0.132. The van der Waals surface area contributed by atoms with Crippen LogP contribution in [0.15, 0.2) is 17.5 Å². The minimum Gasteiger partial charge on any atom is -0.478 e. The van der Waals surface area contributed by atoms with E-state index in [1.165, 1.54) is 0 Å². The van der Waals surface area contributed by atoms with Gasteiger partial charge in [-0.2, -0.15) is 0 Å². The summed E-state index contributed by atoms with van der Waals surface area (Å²) >= 11 is 1.57. The number of hydrogen-bond donors (Lipinski definition) is 1. The largest absolute Gasteiger partial charge is 0.478 e. The van der Waals surface area contributed by atoms with Crippen molar-refractivity contribution in [1.29, 1.82) is 0 Å². The summed E-state index contributed by atoms with van der Waals surface area (Å²) in [6, 6.07) is 1.95. The average Bonchev–Trinajstić information content (AvgIpc) is 2.85. The molecule has 5 nitrogen and oxygen atoms in total. The number of likely N-dealkylation sites (N-methyl/N-ethyl adjacent to an activating group) is 2. The molecular formula is C15H22N2O3S. The maximum Gasteiger partial charge on any atom is 0.328 e. The molecule has 1 rings (SSSR count). The van der Waals surface area contributed by atoms with Gasteiger partial charge in [-0.1, -0.05) is 0 Å². The molecule has 6 heteroatoms. The van der Waals surface area contributed by atoms with E-state index >= 15 is 0 Å². The molecule has 0 aliphatic carbocycles. The molecule has 0 atom stereocenters. The van der Waals surface area contributed by atoms with E-state index < -0.39 is 5.97 Å². The van der Waals surface area contributed by atoms with Crippen LogP contribution < -0.4 is 0 Å². The molecule has 0 spiro atoms. The van der Waals surface area contributed by atoms with Gasteiger partial charge in [0.05, 0.1) is 6.54 Å². The monoisotopic (exact) mass is 310 g/mol. The Hall–Kier alpha value is -1.66. The molecule has 1 amide bonds. The molecule has 0 saturated heterocycles. The van der Waals surface area contributed by atoms with Crippen molar-refractivity contribution >= 4 is 29.3 Å². The highest BCUT2D eigenvalue weighted by atomic mass is 32.1. The van der Waals surface area contributed by atoms with Crippen molar-refractivity contribution in [3.8, 4) is 0 Å². The SMILES string of the molecule is CCN(CC)C(=O)CN(C)Cc1cc(C=CC(=O)O)cs1. The van der Waals surface area contributed by atoms with Gasteiger partial charge in [-0.25, -0.2) is 4.79 Å². The normalized spacial score (nSPS) is 11.2. The molecule has 0 aromatic carbocycles. The van der Waals surface area contributed by atoms with Crippen molar-refractivity contribution in [2.75, 3.05) is 26.7 Å². The zero-order chi connectivity index (χ0) is 15.8. The quantitative estimate of drug-likeness (QED) is 0.747. The maximum absolute atomic E-state index is 12.0. The zero-order valence-corrected chi connectivity index (χ0v) is 13.5. The summed E-state index contributed by atoms with van der Waals surface area (Å²) in [6.07, 6.45) is 2.70. The summed E-state index contributed by atoms with van der Waals surface area (Å²) in [7, 11) is 1.91. The lowest BCUT2D eigenvalue weighted by Gasteiger charge is -2.22. The van der Waals surface area contributed by atoms with E-state index in [1.807, 2.05) is 42.1 Å². The summed E-state index contributed by atoms with van der Waals surface area (Å²) in [5.41, 5.74) is 0.876. The fourth-order valence-electron chi connectivity index (χ4n) is 1.96. The van der Waals surface area contributed by atoms with Crippen LogP contribution >= 0.6 is 11.3 Å². The number of thiophene rings is 1. The fraction of sp³-hybridized carbons (Fsp3) is 0.467. The van der Waals surface area contributed by atoms with Crippen molar-refractivity contribution in [2.24, 2.45) is 0 Å². The van der Waals surface area contributed by atoms with Crippen LogP contribution in [0, 0.1) is 0 Å². The number of aliphatic carboxylic acids is 1. The van der Waals surface area contributed by atoms with Gasteiger partial charge < -0.3 is 10.0 Å². The van der Waals surface area contributed by atoms with E-state index in [0.29, 0.717) is 13.1 Å². The third-order valence-corrected chi connectivity index (χ3v) is 3.98. The van der Waals surface area contributed by atoms with Crippen LogP contribution in [-0.4, -0.2) is 53.5 Å². The Morgan fingerprint density at radius 3 is 2.57 bits per heavy atom. The second-order valence-corrected chi connectivity index (χ2v) is 5.75. The first-order valence-corrected chi connectivity index (χ1v) is 7.79. The van der Waals surface area contributed by atoms with Crippen molar-refractivity contribution in [1.82, 2.24) is 9.80 Å². The predicted octanol–water partition coefficient (Wildman–Crippen LogP) is 2.15. The molecule has 0 unspecified atom stereocenters. The molecule has 1 N–H and O–H groups in total. The van der Waals surface area contributed by atoms with Crippen LogP contribution in [0.25, 0.3) is 6.08 Å².